The maximum Gasteiger partial charge on any atom is 0.327 e. The summed E-state index contributed by atoms with van der Waals surface area (Å²) in [6.45, 7) is 0. The van der Waals surface area contributed by atoms with Gasteiger partial charge in [-0.15, -0.1) is 0 Å². The maximum atomic E-state index is 12.7. The molecule has 2 aromatic rings. The Hall–Kier alpha value is -2.38. The van der Waals surface area contributed by atoms with Crippen molar-refractivity contribution in [3.8, 4) is 0 Å². The number of carboxylic acid groups (broad SMARTS) is 1. The van der Waals surface area contributed by atoms with Crippen LogP contribution in [0, 0.1) is 0 Å². The second-order valence-electron chi connectivity index (χ2n) is 5.65. The van der Waals surface area contributed by atoms with Crippen LogP contribution >= 0.6 is 27.7 Å². The molecule has 1 unspecified atom stereocenters. The van der Waals surface area contributed by atoms with Gasteiger partial charge < -0.3 is 5.11 Å². The maximum absolute atomic E-state index is 12.7. The molecule has 26 heavy (non-hydrogen) atoms. The molecule has 5 nitrogen and oxygen atoms in total. The topological polar surface area (TPSA) is 74.7 Å². The Morgan fingerprint density at radius 2 is 1.88 bits per heavy atom. The Bertz CT molecular complexity index is 897. The summed E-state index contributed by atoms with van der Waals surface area (Å²) in [5.41, 5.74) is 1.50. The van der Waals surface area contributed by atoms with E-state index in [9.17, 15) is 19.5 Å². The number of benzene rings is 2. The second kappa shape index (κ2) is 7.88. The van der Waals surface area contributed by atoms with Crippen molar-refractivity contribution in [2.24, 2.45) is 0 Å². The van der Waals surface area contributed by atoms with E-state index in [0.717, 1.165) is 32.3 Å². The summed E-state index contributed by atoms with van der Waals surface area (Å²) in [6, 6.07) is 15.0. The normalized spacial score (nSPS) is 17.0. The minimum Gasteiger partial charge on any atom is -0.480 e. The molecular formula is C19H14BrNO4S. The van der Waals surface area contributed by atoms with Crippen molar-refractivity contribution < 1.29 is 19.5 Å². The fourth-order valence-corrected chi connectivity index (χ4v) is 3.92. The molecule has 3 rings (SSSR count). The molecule has 2 amide bonds. The Morgan fingerprint density at radius 3 is 2.54 bits per heavy atom. The van der Waals surface area contributed by atoms with Crippen molar-refractivity contribution in [3.05, 3.63) is 75.1 Å². The molecule has 0 saturated carbocycles. The summed E-state index contributed by atoms with van der Waals surface area (Å²) >= 11 is 4.11. The SMILES string of the molecule is O=C(O)C(Cc1ccccc1)N1C(=O)SC(=Cc2cccc(Br)c2)C1=O. The second-order valence-corrected chi connectivity index (χ2v) is 7.56. The van der Waals surface area contributed by atoms with Crippen LogP contribution in [0.3, 0.4) is 0 Å². The largest absolute Gasteiger partial charge is 0.480 e. The first kappa shape index (κ1) is 18.4. The van der Waals surface area contributed by atoms with E-state index >= 15 is 0 Å². The van der Waals surface area contributed by atoms with E-state index in [0.29, 0.717) is 0 Å². The lowest BCUT2D eigenvalue weighted by atomic mass is 10.0. The molecular weight excluding hydrogens is 418 g/mol. The fraction of sp³-hybridized carbons (Fsp3) is 0.105. The number of rotatable bonds is 5. The zero-order chi connectivity index (χ0) is 18.7. The average molecular weight is 432 g/mol. The smallest absolute Gasteiger partial charge is 0.327 e. The third-order valence-corrected chi connectivity index (χ3v) is 5.22. The van der Waals surface area contributed by atoms with Gasteiger partial charge in [-0.2, -0.15) is 0 Å². The predicted octanol–water partition coefficient (Wildman–Crippen LogP) is 4.18. The lowest BCUT2D eigenvalue weighted by Crippen LogP contribution is -2.45. The molecule has 1 N–H and O–H groups in total. The molecule has 0 radical (unpaired) electrons. The van der Waals surface area contributed by atoms with E-state index in [-0.39, 0.29) is 11.3 Å². The highest BCUT2D eigenvalue weighted by atomic mass is 79.9. The van der Waals surface area contributed by atoms with Gasteiger partial charge in [-0.05, 0) is 41.1 Å². The highest BCUT2D eigenvalue weighted by molar-refractivity contribution is 9.10. The molecule has 1 heterocycles. The molecule has 1 aliphatic rings. The molecule has 0 spiro atoms. The molecule has 0 bridgehead atoms. The monoisotopic (exact) mass is 431 g/mol. The highest BCUT2D eigenvalue weighted by Crippen LogP contribution is 2.34. The summed E-state index contributed by atoms with van der Waals surface area (Å²) in [4.78, 5) is 37.8. The molecule has 1 aliphatic heterocycles. The minimum atomic E-state index is -1.24. The molecule has 0 aliphatic carbocycles. The Morgan fingerprint density at radius 1 is 1.15 bits per heavy atom. The van der Waals surface area contributed by atoms with E-state index < -0.39 is 23.2 Å². The number of thioether (sulfide) groups is 1. The van der Waals surface area contributed by atoms with Crippen LogP contribution in [0.1, 0.15) is 11.1 Å². The van der Waals surface area contributed by atoms with E-state index in [1.165, 1.54) is 0 Å². The van der Waals surface area contributed by atoms with Gasteiger partial charge in [-0.3, -0.25) is 14.5 Å². The summed E-state index contributed by atoms with van der Waals surface area (Å²) in [7, 11) is 0. The Labute approximate surface area is 162 Å². The number of nitrogens with zero attached hydrogens (tertiary/aromatic N) is 1. The van der Waals surface area contributed by atoms with Gasteiger partial charge in [0.05, 0.1) is 4.91 Å². The van der Waals surface area contributed by atoms with Gasteiger partial charge in [0.1, 0.15) is 6.04 Å². The number of amides is 2. The Balaban J connectivity index is 1.88. The van der Waals surface area contributed by atoms with Crippen LogP contribution in [-0.4, -0.2) is 33.2 Å². The predicted molar refractivity (Wildman–Crippen MR) is 104 cm³/mol. The number of hydrogen-bond acceptors (Lipinski definition) is 4. The van der Waals surface area contributed by atoms with E-state index in [1.807, 2.05) is 24.3 Å². The lowest BCUT2D eigenvalue weighted by Gasteiger charge is -2.21. The van der Waals surface area contributed by atoms with Gasteiger partial charge in [0.15, 0.2) is 0 Å². The van der Waals surface area contributed by atoms with Crippen molar-refractivity contribution in [3.63, 3.8) is 0 Å². The van der Waals surface area contributed by atoms with Crippen molar-refractivity contribution in [2.75, 3.05) is 0 Å². The first-order valence-corrected chi connectivity index (χ1v) is 9.36. The van der Waals surface area contributed by atoms with Gasteiger partial charge in [0.2, 0.25) is 0 Å². The molecule has 1 fully saturated rings. The highest BCUT2D eigenvalue weighted by Gasteiger charge is 2.42. The third-order valence-electron chi connectivity index (χ3n) is 3.84. The first-order valence-electron chi connectivity index (χ1n) is 7.75. The lowest BCUT2D eigenvalue weighted by molar-refractivity contribution is -0.145. The molecule has 1 atom stereocenters. The summed E-state index contributed by atoms with van der Waals surface area (Å²) in [5.74, 6) is -1.79. The summed E-state index contributed by atoms with van der Waals surface area (Å²) < 4.78 is 0.845. The number of halogens is 1. The number of carbonyl (C=O) groups is 3. The van der Waals surface area contributed by atoms with Crippen molar-refractivity contribution >= 4 is 50.9 Å². The van der Waals surface area contributed by atoms with Gasteiger partial charge in [-0.1, -0.05) is 58.4 Å². The number of carboxylic acids is 1. The van der Waals surface area contributed by atoms with Crippen LogP contribution in [0.2, 0.25) is 0 Å². The molecule has 0 aromatic heterocycles. The molecule has 1 saturated heterocycles. The van der Waals surface area contributed by atoms with Crippen LogP contribution in [0.5, 0.6) is 0 Å². The quantitative estimate of drug-likeness (QED) is 0.718. The van der Waals surface area contributed by atoms with Crippen LogP contribution in [0.25, 0.3) is 6.08 Å². The first-order chi connectivity index (χ1) is 12.5. The van der Waals surface area contributed by atoms with E-state index in [1.54, 1.807) is 36.4 Å². The van der Waals surface area contributed by atoms with Crippen LogP contribution in [-0.2, 0) is 16.0 Å². The number of carbonyl (C=O) groups excluding carboxylic acids is 2. The summed E-state index contributed by atoms with van der Waals surface area (Å²) in [5, 5.41) is 8.99. The van der Waals surface area contributed by atoms with Crippen LogP contribution in [0.4, 0.5) is 4.79 Å². The van der Waals surface area contributed by atoms with Gasteiger partial charge in [0.25, 0.3) is 11.1 Å². The van der Waals surface area contributed by atoms with Crippen molar-refractivity contribution in [1.82, 2.24) is 4.90 Å². The van der Waals surface area contributed by atoms with Crippen molar-refractivity contribution in [1.29, 1.82) is 0 Å². The summed E-state index contributed by atoms with van der Waals surface area (Å²) in [6.07, 6.45) is 1.66. The minimum absolute atomic E-state index is 0.0678. The van der Waals surface area contributed by atoms with E-state index in [2.05, 4.69) is 15.9 Å². The zero-order valence-electron chi connectivity index (χ0n) is 13.5. The van der Waals surface area contributed by atoms with Gasteiger partial charge in [-0.25, -0.2) is 4.79 Å². The third kappa shape index (κ3) is 4.05. The molecule has 2 aromatic carbocycles. The number of imide groups is 1. The standard InChI is InChI=1S/C19H14BrNO4S/c20-14-8-4-7-13(9-14)11-16-17(22)21(19(25)26-16)15(18(23)24)10-12-5-2-1-3-6-12/h1-9,11,15H,10H2,(H,23,24). The van der Waals surface area contributed by atoms with Crippen LogP contribution < -0.4 is 0 Å². The number of aliphatic carboxylic acids is 1. The fourth-order valence-electron chi connectivity index (χ4n) is 2.62. The molecule has 132 valence electrons. The Kier molecular flexibility index (Phi) is 5.58. The number of hydrogen-bond donors (Lipinski definition) is 1. The van der Waals surface area contributed by atoms with Crippen molar-refractivity contribution in [2.45, 2.75) is 12.5 Å². The van der Waals surface area contributed by atoms with Gasteiger partial charge >= 0.3 is 5.97 Å². The molecule has 7 heteroatoms. The zero-order valence-corrected chi connectivity index (χ0v) is 15.9. The van der Waals surface area contributed by atoms with Crippen LogP contribution in [0.15, 0.2) is 64.0 Å². The van der Waals surface area contributed by atoms with E-state index in [4.69, 9.17) is 0 Å². The average Bonchev–Trinajstić information content (AvgIpc) is 2.87. The van der Waals surface area contributed by atoms with Gasteiger partial charge in [0, 0.05) is 10.9 Å².